The summed E-state index contributed by atoms with van der Waals surface area (Å²) < 4.78 is 0. The molecule has 6 heteroatoms. The Kier molecular flexibility index (Phi) is 9.20. The number of carbonyl (C=O) groups excluding carboxylic acids is 1. The number of hydrogen-bond acceptors (Lipinski definition) is 5. The lowest BCUT2D eigenvalue weighted by Gasteiger charge is -2.16. The molecule has 0 saturated heterocycles. The van der Waals surface area contributed by atoms with Gasteiger partial charge in [-0.2, -0.15) is 0 Å². The second-order valence-corrected chi connectivity index (χ2v) is 5.21. The first kappa shape index (κ1) is 19.7. The summed E-state index contributed by atoms with van der Waals surface area (Å²) >= 11 is 5.84. The first-order valence-corrected chi connectivity index (χ1v) is 7.59. The molecule has 0 aliphatic carbocycles. The molecule has 0 aliphatic rings. The summed E-state index contributed by atoms with van der Waals surface area (Å²) in [6.07, 6.45) is 0. The molecule has 2 rings (SSSR count). The molecule has 0 heterocycles. The molecule has 0 bridgehead atoms. The fraction of sp³-hybridized carbons (Fsp3) is 0.167. The summed E-state index contributed by atoms with van der Waals surface area (Å²) in [5, 5.41) is 12.6. The van der Waals surface area contributed by atoms with Gasteiger partial charge in [0, 0.05) is 34.9 Å². The Morgan fingerprint density at radius 3 is 2.00 bits per heavy atom. The standard InChI is InChI=1S/C17H18ClN3O.CH2O/c18-15-7-3-13(4-8-15)1-2-14-5-9-16(10-6-14)21-17(11-19)12-20-22;1-2/h3-10,17,20-22H,11-12,19H2;1H2. The van der Waals surface area contributed by atoms with Gasteiger partial charge in [0.05, 0.1) is 6.04 Å². The number of benzene rings is 2. The molecule has 1 unspecified atom stereocenters. The highest BCUT2D eigenvalue weighted by atomic mass is 35.5. The highest BCUT2D eigenvalue weighted by Crippen LogP contribution is 2.11. The van der Waals surface area contributed by atoms with E-state index in [-0.39, 0.29) is 6.04 Å². The van der Waals surface area contributed by atoms with E-state index in [9.17, 15) is 0 Å². The molecule has 0 saturated carbocycles. The highest BCUT2D eigenvalue weighted by Gasteiger charge is 2.04. The fourth-order valence-corrected chi connectivity index (χ4v) is 1.99. The first-order valence-electron chi connectivity index (χ1n) is 7.21. The molecule has 126 valence electrons. The average Bonchev–Trinajstić information content (AvgIpc) is 2.63. The van der Waals surface area contributed by atoms with Crippen molar-refractivity contribution in [3.8, 4) is 11.8 Å². The van der Waals surface area contributed by atoms with Gasteiger partial charge in [-0.05, 0) is 48.5 Å². The predicted octanol–water partition coefficient (Wildman–Crippen LogP) is 2.27. The summed E-state index contributed by atoms with van der Waals surface area (Å²) in [6.45, 7) is 2.81. The van der Waals surface area contributed by atoms with E-state index >= 15 is 0 Å². The van der Waals surface area contributed by atoms with E-state index in [1.807, 2.05) is 55.3 Å². The van der Waals surface area contributed by atoms with Crippen molar-refractivity contribution in [2.75, 3.05) is 18.4 Å². The van der Waals surface area contributed by atoms with Crippen molar-refractivity contribution < 1.29 is 10.0 Å². The number of carbonyl (C=O) groups is 1. The van der Waals surface area contributed by atoms with Crippen molar-refractivity contribution in [3.63, 3.8) is 0 Å². The lowest BCUT2D eigenvalue weighted by atomic mass is 10.1. The van der Waals surface area contributed by atoms with E-state index < -0.39 is 0 Å². The second kappa shape index (κ2) is 11.2. The van der Waals surface area contributed by atoms with Gasteiger partial charge in [0.15, 0.2) is 0 Å². The fourth-order valence-electron chi connectivity index (χ4n) is 1.87. The van der Waals surface area contributed by atoms with Crippen LogP contribution >= 0.6 is 11.6 Å². The lowest BCUT2D eigenvalue weighted by molar-refractivity contribution is -0.0979. The zero-order valence-corrected chi connectivity index (χ0v) is 13.9. The molecular weight excluding hydrogens is 326 g/mol. The van der Waals surface area contributed by atoms with Gasteiger partial charge in [-0.3, -0.25) is 0 Å². The zero-order valence-electron chi connectivity index (χ0n) is 13.1. The molecular formula is C18H20ClN3O2. The molecule has 0 aliphatic heterocycles. The van der Waals surface area contributed by atoms with Crippen LogP contribution in [0.15, 0.2) is 48.5 Å². The van der Waals surface area contributed by atoms with Gasteiger partial charge in [-0.15, -0.1) is 0 Å². The van der Waals surface area contributed by atoms with Crippen molar-refractivity contribution in [1.82, 2.24) is 5.48 Å². The third kappa shape index (κ3) is 6.82. The number of anilines is 1. The topological polar surface area (TPSA) is 87.4 Å². The maximum atomic E-state index is 8.71. The summed E-state index contributed by atoms with van der Waals surface area (Å²) in [4.78, 5) is 8.00. The van der Waals surface area contributed by atoms with E-state index in [1.54, 1.807) is 0 Å². The predicted molar refractivity (Wildman–Crippen MR) is 97.2 cm³/mol. The Hall–Kier alpha value is -2.36. The molecule has 0 aromatic heterocycles. The second-order valence-electron chi connectivity index (χ2n) is 4.77. The molecule has 2 aromatic carbocycles. The Morgan fingerprint density at radius 1 is 1.04 bits per heavy atom. The van der Waals surface area contributed by atoms with Gasteiger partial charge in [-0.1, -0.05) is 23.4 Å². The van der Waals surface area contributed by atoms with Crippen LogP contribution in [0.3, 0.4) is 0 Å². The highest BCUT2D eigenvalue weighted by molar-refractivity contribution is 6.30. The van der Waals surface area contributed by atoms with Crippen molar-refractivity contribution >= 4 is 24.1 Å². The SMILES string of the molecule is C=O.NCC(CNO)Nc1ccc(C#Cc2ccc(Cl)cc2)cc1. The monoisotopic (exact) mass is 345 g/mol. The number of rotatable bonds is 5. The van der Waals surface area contributed by atoms with Gasteiger partial charge >= 0.3 is 0 Å². The summed E-state index contributed by atoms with van der Waals surface area (Å²) in [5.74, 6) is 6.19. The number of hydroxylamine groups is 1. The molecule has 5 N–H and O–H groups in total. The van der Waals surface area contributed by atoms with E-state index in [0.29, 0.717) is 18.1 Å². The van der Waals surface area contributed by atoms with Gasteiger partial charge < -0.3 is 21.1 Å². The lowest BCUT2D eigenvalue weighted by Crippen LogP contribution is -2.37. The molecule has 1 atom stereocenters. The van der Waals surface area contributed by atoms with Crippen LogP contribution in [0, 0.1) is 11.8 Å². The smallest absolute Gasteiger partial charge is 0.106 e. The average molecular weight is 346 g/mol. The molecule has 24 heavy (non-hydrogen) atoms. The minimum Gasteiger partial charge on any atom is -0.380 e. The molecule has 0 amide bonds. The third-order valence-corrected chi connectivity index (χ3v) is 3.33. The first-order chi connectivity index (χ1) is 11.7. The molecule has 0 spiro atoms. The Balaban J connectivity index is 0.00000139. The van der Waals surface area contributed by atoms with E-state index in [1.165, 1.54) is 0 Å². The van der Waals surface area contributed by atoms with Crippen LogP contribution < -0.4 is 16.5 Å². The van der Waals surface area contributed by atoms with Crippen LogP contribution in [-0.2, 0) is 4.79 Å². The van der Waals surface area contributed by atoms with Crippen LogP contribution in [0.5, 0.6) is 0 Å². The normalized spacial score (nSPS) is 10.6. The number of nitrogens with one attached hydrogen (secondary N) is 2. The Morgan fingerprint density at radius 2 is 1.54 bits per heavy atom. The Bertz CT molecular complexity index is 663. The van der Waals surface area contributed by atoms with Gasteiger partial charge in [0.2, 0.25) is 0 Å². The maximum Gasteiger partial charge on any atom is 0.106 e. The van der Waals surface area contributed by atoms with E-state index in [0.717, 1.165) is 16.8 Å². The van der Waals surface area contributed by atoms with Crippen LogP contribution in [0.25, 0.3) is 0 Å². The summed E-state index contributed by atoms with van der Waals surface area (Å²) in [6, 6.07) is 15.1. The maximum absolute atomic E-state index is 8.71. The number of halogens is 1. The largest absolute Gasteiger partial charge is 0.380 e. The van der Waals surface area contributed by atoms with Gasteiger partial charge in [0.25, 0.3) is 0 Å². The van der Waals surface area contributed by atoms with Crippen LogP contribution in [0.1, 0.15) is 11.1 Å². The molecule has 0 fully saturated rings. The van der Waals surface area contributed by atoms with E-state index in [4.69, 9.17) is 27.3 Å². The minimum atomic E-state index is -0.0315. The zero-order chi connectivity index (χ0) is 17.8. The van der Waals surface area contributed by atoms with Gasteiger partial charge in [-0.25, -0.2) is 5.48 Å². The summed E-state index contributed by atoms with van der Waals surface area (Å²) in [5.41, 5.74) is 10.5. The van der Waals surface area contributed by atoms with Crippen molar-refractivity contribution in [3.05, 3.63) is 64.7 Å². The Labute approximate surface area is 146 Å². The molecule has 0 radical (unpaired) electrons. The van der Waals surface area contributed by atoms with Crippen molar-refractivity contribution in [2.24, 2.45) is 5.73 Å². The van der Waals surface area contributed by atoms with Crippen molar-refractivity contribution in [1.29, 1.82) is 0 Å². The van der Waals surface area contributed by atoms with Crippen LogP contribution in [0.2, 0.25) is 5.02 Å². The third-order valence-electron chi connectivity index (χ3n) is 3.07. The van der Waals surface area contributed by atoms with E-state index in [2.05, 4.69) is 22.6 Å². The number of nitrogens with two attached hydrogens (primary N) is 1. The summed E-state index contributed by atoms with van der Waals surface area (Å²) in [7, 11) is 0. The van der Waals surface area contributed by atoms with Crippen LogP contribution in [-0.4, -0.2) is 31.1 Å². The quantitative estimate of drug-likeness (QED) is 0.493. The van der Waals surface area contributed by atoms with Crippen LogP contribution in [0.4, 0.5) is 5.69 Å². The molecule has 5 nitrogen and oxygen atoms in total. The number of hydrogen-bond donors (Lipinski definition) is 4. The minimum absolute atomic E-state index is 0.0315. The van der Waals surface area contributed by atoms with Gasteiger partial charge in [0.1, 0.15) is 6.79 Å². The molecule has 2 aromatic rings. The van der Waals surface area contributed by atoms with Crippen molar-refractivity contribution in [2.45, 2.75) is 6.04 Å².